The molecular formula is C19H23F3N2O. The summed E-state index contributed by atoms with van der Waals surface area (Å²) in [4.78, 5) is 18.5. The zero-order chi connectivity index (χ0) is 18.8. The molecule has 25 heavy (non-hydrogen) atoms. The average molecular weight is 352 g/mol. The van der Waals surface area contributed by atoms with Crippen LogP contribution in [0, 0.1) is 0 Å². The number of nitrogens with zero attached hydrogens (tertiary/aromatic N) is 2. The van der Waals surface area contributed by atoms with Crippen LogP contribution in [0.5, 0.6) is 0 Å². The topological polar surface area (TPSA) is 32.7 Å². The highest BCUT2D eigenvalue weighted by atomic mass is 19.4. The maximum absolute atomic E-state index is 12.7. The molecular weight excluding hydrogens is 329 g/mol. The lowest BCUT2D eigenvalue weighted by molar-refractivity contribution is -0.137. The van der Waals surface area contributed by atoms with E-state index in [9.17, 15) is 18.0 Å². The van der Waals surface area contributed by atoms with Gasteiger partial charge in [-0.05, 0) is 45.4 Å². The largest absolute Gasteiger partial charge is 0.416 e. The van der Waals surface area contributed by atoms with Crippen LogP contribution in [0.25, 0.3) is 0 Å². The quantitative estimate of drug-likeness (QED) is 0.730. The molecule has 1 aliphatic rings. The summed E-state index contributed by atoms with van der Waals surface area (Å²) < 4.78 is 38.1. The molecule has 136 valence electrons. The van der Waals surface area contributed by atoms with Gasteiger partial charge < -0.3 is 0 Å². The van der Waals surface area contributed by atoms with Gasteiger partial charge in [0.25, 0.3) is 0 Å². The van der Waals surface area contributed by atoms with E-state index >= 15 is 0 Å². The van der Waals surface area contributed by atoms with Crippen molar-refractivity contribution in [1.82, 2.24) is 4.90 Å². The molecule has 1 aromatic carbocycles. The highest BCUT2D eigenvalue weighted by molar-refractivity contribution is 5.95. The van der Waals surface area contributed by atoms with Gasteiger partial charge in [-0.15, -0.1) is 0 Å². The molecule has 0 radical (unpaired) electrons. The second-order valence-electron chi connectivity index (χ2n) is 6.56. The number of ketones is 1. The molecule has 0 amide bonds. The van der Waals surface area contributed by atoms with Gasteiger partial charge in [0.2, 0.25) is 0 Å². The number of carbonyl (C=O) groups is 1. The van der Waals surface area contributed by atoms with Gasteiger partial charge in [0.1, 0.15) is 0 Å². The molecule has 2 rings (SSSR count). The molecule has 1 aliphatic heterocycles. The minimum absolute atomic E-state index is 0.00989. The molecule has 3 nitrogen and oxygen atoms in total. The van der Waals surface area contributed by atoms with Gasteiger partial charge in [-0.3, -0.25) is 14.7 Å². The lowest BCUT2D eigenvalue weighted by Crippen LogP contribution is -2.35. The maximum Gasteiger partial charge on any atom is 0.416 e. The first-order valence-corrected chi connectivity index (χ1v) is 8.25. The van der Waals surface area contributed by atoms with E-state index in [2.05, 4.69) is 9.89 Å². The second kappa shape index (κ2) is 7.52. The van der Waals surface area contributed by atoms with Gasteiger partial charge in [-0.1, -0.05) is 12.1 Å². The molecule has 0 spiro atoms. The zero-order valence-electron chi connectivity index (χ0n) is 14.9. The molecule has 1 unspecified atom stereocenters. The Morgan fingerprint density at radius 1 is 1.16 bits per heavy atom. The van der Waals surface area contributed by atoms with E-state index < -0.39 is 11.7 Å². The Morgan fingerprint density at radius 2 is 1.76 bits per heavy atom. The monoisotopic (exact) mass is 352 g/mol. The summed E-state index contributed by atoms with van der Waals surface area (Å²) in [5.74, 6) is -0.00989. The number of hydrogen-bond donors (Lipinski definition) is 0. The lowest BCUT2D eigenvalue weighted by atomic mass is 9.98. The molecule has 0 saturated carbocycles. The third-order valence-electron chi connectivity index (χ3n) is 4.40. The molecule has 1 atom stereocenters. The van der Waals surface area contributed by atoms with E-state index in [1.165, 1.54) is 19.1 Å². The van der Waals surface area contributed by atoms with Crippen molar-refractivity contribution in [3.05, 3.63) is 46.7 Å². The second-order valence-corrected chi connectivity index (χ2v) is 6.56. The summed E-state index contributed by atoms with van der Waals surface area (Å²) >= 11 is 0. The van der Waals surface area contributed by atoms with Crippen molar-refractivity contribution in [2.45, 2.75) is 46.3 Å². The fraction of sp³-hybridized carbons (Fsp3) is 0.474. The summed E-state index contributed by atoms with van der Waals surface area (Å²) in [7, 11) is 0. The Hall–Kier alpha value is -1.95. The summed E-state index contributed by atoms with van der Waals surface area (Å²) in [5.41, 5.74) is 2.56. The Labute approximate surface area is 146 Å². The van der Waals surface area contributed by atoms with E-state index in [4.69, 9.17) is 0 Å². The summed E-state index contributed by atoms with van der Waals surface area (Å²) in [6.45, 7) is 8.43. The molecule has 0 saturated heterocycles. The first kappa shape index (κ1) is 19.4. The van der Waals surface area contributed by atoms with Gasteiger partial charge in [0.15, 0.2) is 5.78 Å². The molecule has 1 aromatic rings. The molecule has 0 N–H and O–H groups in total. The molecule has 0 aliphatic carbocycles. The van der Waals surface area contributed by atoms with Gasteiger partial charge in [0, 0.05) is 42.5 Å². The standard InChI is InChI=1S/C19H23F3N2O/c1-12(2)23-18-9-10-24(11-17(18)14(4)25)13(3)15-5-7-16(8-6-15)19(20,21)22/h5-8,13H,9-11H2,1-4H3. The van der Waals surface area contributed by atoms with Crippen molar-refractivity contribution in [2.75, 3.05) is 13.1 Å². The van der Waals surface area contributed by atoms with Crippen LogP contribution in [0.1, 0.15) is 51.3 Å². The summed E-state index contributed by atoms with van der Waals surface area (Å²) in [6.07, 6.45) is -3.67. The van der Waals surface area contributed by atoms with E-state index in [0.717, 1.165) is 29.1 Å². The number of benzene rings is 1. The molecule has 0 aromatic heterocycles. The SMILES string of the molecule is CC(=O)C1=C(N=C(C)C)CCN(C(C)c2ccc(C(F)(F)F)cc2)C1. The van der Waals surface area contributed by atoms with Crippen molar-refractivity contribution in [2.24, 2.45) is 4.99 Å². The minimum atomic E-state index is -4.33. The first-order chi connectivity index (χ1) is 11.6. The van der Waals surface area contributed by atoms with Crippen LogP contribution in [0.2, 0.25) is 0 Å². The van der Waals surface area contributed by atoms with Gasteiger partial charge >= 0.3 is 6.18 Å². The zero-order valence-corrected chi connectivity index (χ0v) is 14.9. The fourth-order valence-corrected chi connectivity index (χ4v) is 2.97. The van der Waals surface area contributed by atoms with Gasteiger partial charge in [-0.2, -0.15) is 13.2 Å². The van der Waals surface area contributed by atoms with E-state index in [1.807, 2.05) is 20.8 Å². The maximum atomic E-state index is 12.7. The predicted octanol–water partition coefficient (Wildman–Crippen LogP) is 4.80. The van der Waals surface area contributed by atoms with Crippen LogP contribution in [0.4, 0.5) is 13.2 Å². The molecule has 6 heteroatoms. The van der Waals surface area contributed by atoms with Crippen molar-refractivity contribution < 1.29 is 18.0 Å². The average Bonchev–Trinajstić information content (AvgIpc) is 2.53. The Balaban J connectivity index is 2.21. The summed E-state index contributed by atoms with van der Waals surface area (Å²) in [5, 5.41) is 0. The van der Waals surface area contributed by atoms with Crippen molar-refractivity contribution in [1.29, 1.82) is 0 Å². The number of hydrogen-bond acceptors (Lipinski definition) is 3. The van der Waals surface area contributed by atoms with Crippen LogP contribution >= 0.6 is 0 Å². The van der Waals surface area contributed by atoms with Crippen molar-refractivity contribution in [3.63, 3.8) is 0 Å². The highest BCUT2D eigenvalue weighted by Crippen LogP contribution is 2.32. The fourth-order valence-electron chi connectivity index (χ4n) is 2.97. The van der Waals surface area contributed by atoms with E-state index in [0.29, 0.717) is 25.1 Å². The van der Waals surface area contributed by atoms with Gasteiger partial charge in [-0.25, -0.2) is 0 Å². The smallest absolute Gasteiger partial charge is 0.295 e. The third kappa shape index (κ3) is 4.78. The third-order valence-corrected chi connectivity index (χ3v) is 4.40. The molecule has 1 heterocycles. The van der Waals surface area contributed by atoms with Crippen LogP contribution in [0.3, 0.4) is 0 Å². The Morgan fingerprint density at radius 3 is 2.24 bits per heavy atom. The number of halogens is 3. The number of carbonyl (C=O) groups excluding carboxylic acids is 1. The number of Topliss-reactive ketones (excluding diaryl/α,β-unsaturated/α-hetero) is 1. The molecule has 0 bridgehead atoms. The number of aliphatic imine (C=N–C) groups is 1. The Kier molecular flexibility index (Phi) is 5.83. The minimum Gasteiger partial charge on any atom is -0.295 e. The van der Waals surface area contributed by atoms with Gasteiger partial charge in [0.05, 0.1) is 5.56 Å². The van der Waals surface area contributed by atoms with Crippen LogP contribution in [0.15, 0.2) is 40.5 Å². The summed E-state index contributed by atoms with van der Waals surface area (Å²) in [6, 6.07) is 5.15. The first-order valence-electron chi connectivity index (χ1n) is 8.25. The van der Waals surface area contributed by atoms with Crippen LogP contribution < -0.4 is 0 Å². The number of alkyl halides is 3. The van der Waals surface area contributed by atoms with Crippen molar-refractivity contribution >= 4 is 11.5 Å². The predicted molar refractivity (Wildman–Crippen MR) is 92.5 cm³/mol. The highest BCUT2D eigenvalue weighted by Gasteiger charge is 2.31. The van der Waals surface area contributed by atoms with Crippen LogP contribution in [-0.4, -0.2) is 29.5 Å². The lowest BCUT2D eigenvalue weighted by Gasteiger charge is -2.34. The van der Waals surface area contributed by atoms with Crippen LogP contribution in [-0.2, 0) is 11.0 Å². The van der Waals surface area contributed by atoms with E-state index in [-0.39, 0.29) is 11.8 Å². The molecule has 0 fully saturated rings. The van der Waals surface area contributed by atoms with E-state index in [1.54, 1.807) is 0 Å². The normalized spacial score (nSPS) is 17.4. The Bertz CT molecular complexity index is 698. The number of rotatable bonds is 4. The van der Waals surface area contributed by atoms with Crippen molar-refractivity contribution in [3.8, 4) is 0 Å².